The number of hydrazine groups is 1. The molecule has 3 rings (SSSR count). The predicted octanol–water partition coefficient (Wildman–Crippen LogP) is 1.73. The number of carboxylic acid groups (broad SMARTS) is 1. The van der Waals surface area contributed by atoms with Crippen molar-refractivity contribution in [3.63, 3.8) is 0 Å². The maximum atomic E-state index is 12.3. The molecule has 2 aliphatic rings. The Morgan fingerprint density at radius 3 is 2.35 bits per heavy atom. The minimum atomic E-state index is -0.973. The van der Waals surface area contributed by atoms with Gasteiger partial charge in [0.25, 0.3) is 5.91 Å². The predicted molar refractivity (Wildman–Crippen MR) is 85.1 cm³/mol. The van der Waals surface area contributed by atoms with Crippen LogP contribution in [0.1, 0.15) is 16.8 Å². The summed E-state index contributed by atoms with van der Waals surface area (Å²) in [4.78, 5) is 35.8. The van der Waals surface area contributed by atoms with Gasteiger partial charge in [-0.15, -0.1) is 0 Å². The molecule has 0 aromatic heterocycles. The lowest BCUT2D eigenvalue weighted by atomic mass is 9.82. The van der Waals surface area contributed by atoms with Crippen molar-refractivity contribution in [1.29, 1.82) is 0 Å². The Kier molecular flexibility index (Phi) is 4.21. The summed E-state index contributed by atoms with van der Waals surface area (Å²) in [6, 6.07) is 6.82. The van der Waals surface area contributed by atoms with Crippen LogP contribution in [0.2, 0.25) is 0 Å². The van der Waals surface area contributed by atoms with Crippen LogP contribution in [0.3, 0.4) is 0 Å². The molecular formula is C16H15BrN2O4. The van der Waals surface area contributed by atoms with E-state index in [2.05, 4.69) is 26.8 Å². The zero-order valence-corrected chi connectivity index (χ0v) is 13.6. The van der Waals surface area contributed by atoms with Crippen LogP contribution >= 0.6 is 15.9 Å². The first-order chi connectivity index (χ1) is 11.0. The molecule has 1 aromatic carbocycles. The fourth-order valence-corrected chi connectivity index (χ4v) is 3.90. The third-order valence-electron chi connectivity index (χ3n) is 4.46. The molecule has 23 heavy (non-hydrogen) atoms. The van der Waals surface area contributed by atoms with Crippen LogP contribution in [0.25, 0.3) is 0 Å². The normalized spacial score (nSPS) is 27.7. The zero-order chi connectivity index (χ0) is 16.6. The van der Waals surface area contributed by atoms with E-state index in [4.69, 9.17) is 0 Å². The van der Waals surface area contributed by atoms with Gasteiger partial charge in [0.1, 0.15) is 0 Å². The minimum absolute atomic E-state index is 0.0820. The van der Waals surface area contributed by atoms with Gasteiger partial charge in [0.2, 0.25) is 5.91 Å². The Morgan fingerprint density at radius 2 is 1.70 bits per heavy atom. The van der Waals surface area contributed by atoms with Gasteiger partial charge in [-0.25, -0.2) is 0 Å². The molecule has 2 aliphatic carbocycles. The molecule has 1 aromatic rings. The SMILES string of the molecule is O=C(NNC(=O)[C@@H]1[C@@H](C(=O)O)[C@@H]2C=C[C@H]1C2)c1ccccc1Br. The first-order valence-electron chi connectivity index (χ1n) is 7.25. The second-order valence-corrected chi connectivity index (χ2v) is 6.62. The van der Waals surface area contributed by atoms with Crippen molar-refractivity contribution < 1.29 is 19.5 Å². The highest BCUT2D eigenvalue weighted by atomic mass is 79.9. The maximum Gasteiger partial charge on any atom is 0.307 e. The average molecular weight is 379 g/mol. The van der Waals surface area contributed by atoms with E-state index < -0.39 is 29.6 Å². The van der Waals surface area contributed by atoms with E-state index >= 15 is 0 Å². The third-order valence-corrected chi connectivity index (χ3v) is 5.16. The van der Waals surface area contributed by atoms with Gasteiger partial charge in [-0.2, -0.15) is 0 Å². The van der Waals surface area contributed by atoms with E-state index in [1.165, 1.54) is 0 Å². The van der Waals surface area contributed by atoms with E-state index in [9.17, 15) is 19.5 Å². The molecule has 120 valence electrons. The van der Waals surface area contributed by atoms with Crippen molar-refractivity contribution >= 4 is 33.7 Å². The lowest BCUT2D eigenvalue weighted by Crippen LogP contribution is -2.48. The van der Waals surface area contributed by atoms with Crippen LogP contribution in [0.4, 0.5) is 0 Å². The molecule has 2 amide bonds. The highest BCUT2D eigenvalue weighted by Crippen LogP contribution is 2.48. The number of rotatable bonds is 3. The van der Waals surface area contributed by atoms with Crippen LogP contribution in [-0.4, -0.2) is 22.9 Å². The largest absolute Gasteiger partial charge is 0.481 e. The number of hydrogen-bond acceptors (Lipinski definition) is 3. The second kappa shape index (κ2) is 6.16. The maximum absolute atomic E-state index is 12.3. The number of benzene rings is 1. The number of halogens is 1. The Bertz CT molecular complexity index is 703. The molecule has 3 N–H and O–H groups in total. The number of carbonyl (C=O) groups excluding carboxylic acids is 2. The second-order valence-electron chi connectivity index (χ2n) is 5.76. The van der Waals surface area contributed by atoms with Crippen molar-refractivity contribution in [2.75, 3.05) is 0 Å². The molecule has 0 radical (unpaired) electrons. The average Bonchev–Trinajstić information content (AvgIpc) is 3.13. The van der Waals surface area contributed by atoms with E-state index in [0.717, 1.165) is 0 Å². The van der Waals surface area contributed by atoms with Gasteiger partial charge in [0.15, 0.2) is 0 Å². The Morgan fingerprint density at radius 1 is 1.04 bits per heavy atom. The minimum Gasteiger partial charge on any atom is -0.481 e. The number of amides is 2. The number of nitrogens with one attached hydrogen (secondary N) is 2. The van der Waals surface area contributed by atoms with Gasteiger partial charge in [0.05, 0.1) is 17.4 Å². The van der Waals surface area contributed by atoms with Crippen molar-refractivity contribution in [2.45, 2.75) is 6.42 Å². The lowest BCUT2D eigenvalue weighted by molar-refractivity contribution is -0.148. The Balaban J connectivity index is 1.66. The van der Waals surface area contributed by atoms with Gasteiger partial charge >= 0.3 is 5.97 Å². The van der Waals surface area contributed by atoms with Gasteiger partial charge in [-0.1, -0.05) is 24.3 Å². The quantitative estimate of drug-likeness (QED) is 0.551. The number of carboxylic acids is 1. The fraction of sp³-hybridized carbons (Fsp3) is 0.312. The van der Waals surface area contributed by atoms with Crippen molar-refractivity contribution in [3.8, 4) is 0 Å². The van der Waals surface area contributed by atoms with E-state index in [-0.39, 0.29) is 11.8 Å². The van der Waals surface area contributed by atoms with Crippen molar-refractivity contribution in [1.82, 2.24) is 10.9 Å². The van der Waals surface area contributed by atoms with Crippen LogP contribution in [0.5, 0.6) is 0 Å². The van der Waals surface area contributed by atoms with Gasteiger partial charge in [-0.3, -0.25) is 25.2 Å². The summed E-state index contributed by atoms with van der Waals surface area (Å²) in [6.45, 7) is 0. The lowest BCUT2D eigenvalue weighted by Gasteiger charge is -2.23. The van der Waals surface area contributed by atoms with E-state index in [1.54, 1.807) is 24.3 Å². The molecule has 0 saturated heterocycles. The molecule has 7 heteroatoms. The Labute approximate surface area is 141 Å². The third kappa shape index (κ3) is 2.88. The van der Waals surface area contributed by atoms with Gasteiger partial charge in [0, 0.05) is 4.47 Å². The number of fused-ring (bicyclic) bond motifs is 2. The first kappa shape index (κ1) is 15.7. The highest BCUT2D eigenvalue weighted by Gasteiger charge is 2.51. The summed E-state index contributed by atoms with van der Waals surface area (Å²) in [5.41, 5.74) is 5.10. The summed E-state index contributed by atoms with van der Waals surface area (Å²) in [5, 5.41) is 9.34. The molecule has 2 bridgehead atoms. The van der Waals surface area contributed by atoms with Crippen LogP contribution in [0.15, 0.2) is 40.9 Å². The molecule has 0 unspecified atom stereocenters. The molecule has 6 nitrogen and oxygen atoms in total. The number of allylic oxidation sites excluding steroid dienone is 2. The first-order valence-corrected chi connectivity index (χ1v) is 8.04. The molecular weight excluding hydrogens is 364 g/mol. The van der Waals surface area contributed by atoms with Crippen molar-refractivity contribution in [2.24, 2.45) is 23.7 Å². The van der Waals surface area contributed by atoms with Crippen LogP contribution < -0.4 is 10.9 Å². The number of hydrogen-bond donors (Lipinski definition) is 3. The molecule has 4 atom stereocenters. The molecule has 0 heterocycles. The molecule has 1 fully saturated rings. The summed E-state index contributed by atoms with van der Waals surface area (Å²) in [5.74, 6) is -3.47. The standard InChI is InChI=1S/C16H15BrN2O4/c17-11-4-2-1-3-10(11)14(20)18-19-15(21)12-8-5-6-9(7-8)13(12)16(22)23/h1-6,8-9,12-13H,7H2,(H,18,20)(H,19,21)(H,22,23)/t8-,9+,12-,13-/m0/s1. The summed E-state index contributed by atoms with van der Waals surface area (Å²) < 4.78 is 0.609. The van der Waals surface area contributed by atoms with Crippen LogP contribution in [-0.2, 0) is 9.59 Å². The van der Waals surface area contributed by atoms with E-state index in [0.29, 0.717) is 16.5 Å². The highest BCUT2D eigenvalue weighted by molar-refractivity contribution is 9.10. The molecule has 0 aliphatic heterocycles. The van der Waals surface area contributed by atoms with Gasteiger partial charge in [-0.05, 0) is 46.3 Å². The molecule has 0 spiro atoms. The fourth-order valence-electron chi connectivity index (χ4n) is 3.43. The number of carbonyl (C=O) groups is 3. The monoisotopic (exact) mass is 378 g/mol. The Hall–Kier alpha value is -2.15. The van der Waals surface area contributed by atoms with Crippen molar-refractivity contribution in [3.05, 3.63) is 46.5 Å². The van der Waals surface area contributed by atoms with E-state index in [1.807, 2.05) is 12.2 Å². The summed E-state index contributed by atoms with van der Waals surface area (Å²) >= 11 is 3.26. The smallest absolute Gasteiger partial charge is 0.307 e. The summed E-state index contributed by atoms with van der Waals surface area (Å²) in [7, 11) is 0. The van der Waals surface area contributed by atoms with Gasteiger partial charge < -0.3 is 5.11 Å². The van der Waals surface area contributed by atoms with Crippen LogP contribution in [0, 0.1) is 23.7 Å². The molecule has 1 saturated carbocycles. The summed E-state index contributed by atoms with van der Waals surface area (Å²) in [6.07, 6.45) is 4.43. The number of aliphatic carboxylic acids is 1. The zero-order valence-electron chi connectivity index (χ0n) is 12.0. The topological polar surface area (TPSA) is 95.5 Å².